The molecule has 2 rings (SSSR count). The maximum Gasteiger partial charge on any atom is 0.352 e. The molecule has 0 bridgehead atoms. The van der Waals surface area contributed by atoms with Gasteiger partial charge in [-0.3, -0.25) is 9.36 Å². The highest BCUT2D eigenvalue weighted by Crippen LogP contribution is 2.04. The first-order valence-electron chi connectivity index (χ1n) is 5.14. The molecule has 0 spiro atoms. The van der Waals surface area contributed by atoms with Crippen LogP contribution in [0.1, 0.15) is 4.11 Å². The third-order valence-corrected chi connectivity index (χ3v) is 1.76. The van der Waals surface area contributed by atoms with Gasteiger partial charge in [-0.15, -0.1) is 0 Å². The molecule has 2 aliphatic heterocycles. The zero-order valence-electron chi connectivity index (χ0n) is 10.1. The molecule has 0 aromatic heterocycles. The zero-order valence-corrected chi connectivity index (χ0v) is 7.13. The van der Waals surface area contributed by atoms with Crippen molar-refractivity contribution in [2.24, 2.45) is 14.0 Å². The molecule has 2 aliphatic rings. The van der Waals surface area contributed by atoms with Crippen molar-refractivity contribution in [2.45, 2.75) is 0 Å². The number of aromatic nitrogens is 5. The molecule has 0 atom stereocenters. The van der Waals surface area contributed by atoms with Crippen LogP contribution >= 0.6 is 0 Å². The number of aryl methyl sites for hydroxylation is 1. The lowest BCUT2D eigenvalue weighted by atomic mass is 10.4. The van der Waals surface area contributed by atoms with E-state index in [9.17, 15) is 9.59 Å². The highest BCUT2D eigenvalue weighted by molar-refractivity contribution is 5.46. The summed E-state index contributed by atoms with van der Waals surface area (Å²) in [6, 6.07) is 0. The Morgan fingerprint density at radius 1 is 1.50 bits per heavy atom. The molecule has 0 aromatic rings. The summed E-state index contributed by atoms with van der Waals surface area (Å²) in [5, 5.41) is 3.48. The molecule has 0 unspecified atom stereocenters. The first-order chi connectivity index (χ1) is 7.82. The summed E-state index contributed by atoms with van der Waals surface area (Å²) in [5.74, 6) is -0.347. The second-order valence-electron chi connectivity index (χ2n) is 2.60. The van der Waals surface area contributed by atoms with Crippen LogP contribution in [0.2, 0.25) is 0 Å². The van der Waals surface area contributed by atoms with Crippen LogP contribution in [-0.2, 0) is 14.0 Å². The minimum atomic E-state index is -2.63. The highest BCUT2D eigenvalue weighted by Gasteiger charge is 2.15. The van der Waals surface area contributed by atoms with Crippen LogP contribution in [0, 0.1) is 0 Å². The van der Waals surface area contributed by atoms with Crippen LogP contribution in [0.25, 0.3) is 11.5 Å². The van der Waals surface area contributed by atoms with Gasteiger partial charge in [0, 0.05) is 18.1 Å². The monoisotopic (exact) mass is 196 g/mol. The normalized spacial score (nSPS) is 14.8. The molecule has 0 N–H and O–H groups in total. The number of rotatable bonds is 0. The zero-order chi connectivity index (χ0) is 12.8. The predicted octanol–water partition coefficient (Wildman–Crippen LogP) is -1.63. The lowest BCUT2D eigenvalue weighted by molar-refractivity contribution is 0.674. The molecule has 0 aromatic carbocycles. The number of nitrogens with zero attached hydrogens (tertiary/aromatic N) is 5. The van der Waals surface area contributed by atoms with Gasteiger partial charge in [0.1, 0.15) is 6.33 Å². The third kappa shape index (κ3) is 1.02. The van der Waals surface area contributed by atoms with E-state index in [2.05, 4.69) is 15.1 Å². The lowest BCUT2D eigenvalue weighted by Crippen LogP contribution is -2.36. The molecule has 0 amide bonds. The smallest absolute Gasteiger partial charge is 0.267 e. The first kappa shape index (κ1) is 5.63. The van der Waals surface area contributed by atoms with Crippen molar-refractivity contribution in [3.05, 3.63) is 27.2 Å². The predicted molar refractivity (Wildman–Crippen MR) is 46.9 cm³/mol. The minimum Gasteiger partial charge on any atom is -0.267 e. The van der Waals surface area contributed by atoms with E-state index in [4.69, 9.17) is 4.11 Å². The Bertz CT molecular complexity index is 658. The van der Waals surface area contributed by atoms with Crippen LogP contribution in [0.4, 0.5) is 0 Å². The Morgan fingerprint density at radius 3 is 3.00 bits per heavy atom. The Labute approximate surface area is 82.2 Å². The molecule has 2 heterocycles. The molecule has 7 heteroatoms. The largest absolute Gasteiger partial charge is 0.352 e. The third-order valence-electron chi connectivity index (χ3n) is 1.76. The van der Waals surface area contributed by atoms with Crippen molar-refractivity contribution in [3.8, 4) is 11.5 Å². The molecule has 0 saturated heterocycles. The van der Waals surface area contributed by atoms with E-state index in [1.165, 1.54) is 7.05 Å². The lowest BCUT2D eigenvalue weighted by Gasteiger charge is -2.06. The Morgan fingerprint density at radius 2 is 2.29 bits per heavy atom. The number of fused-ring (bicyclic) bond motifs is 1. The molecule has 7 nitrogen and oxygen atoms in total. The van der Waals surface area contributed by atoms with Gasteiger partial charge in [-0.2, -0.15) is 10.1 Å². The van der Waals surface area contributed by atoms with Gasteiger partial charge in [0.05, 0.1) is 0 Å². The van der Waals surface area contributed by atoms with E-state index in [0.29, 0.717) is 4.68 Å². The van der Waals surface area contributed by atoms with Crippen LogP contribution in [0.3, 0.4) is 0 Å². The molecule has 0 saturated carbocycles. The molecule has 14 heavy (non-hydrogen) atoms. The SMILES string of the molecule is [2H]C([2H])([2H])n1ncnc2c(=O)n(C)c(=O)nc1-2. The van der Waals surface area contributed by atoms with Crippen LogP contribution in [0.15, 0.2) is 15.9 Å². The van der Waals surface area contributed by atoms with Gasteiger partial charge in [-0.25, -0.2) is 14.5 Å². The van der Waals surface area contributed by atoms with E-state index in [1.54, 1.807) is 0 Å². The Balaban J connectivity index is 2.94. The van der Waals surface area contributed by atoms with Gasteiger partial charge < -0.3 is 0 Å². The van der Waals surface area contributed by atoms with Gasteiger partial charge in [0.2, 0.25) is 0 Å². The summed E-state index contributed by atoms with van der Waals surface area (Å²) in [7, 11) is 1.24. The van der Waals surface area contributed by atoms with E-state index < -0.39 is 18.2 Å². The summed E-state index contributed by atoms with van der Waals surface area (Å²) in [6.07, 6.45) is 0.933. The second kappa shape index (κ2) is 2.72. The van der Waals surface area contributed by atoms with Crippen molar-refractivity contribution in [1.29, 1.82) is 0 Å². The Hall–Kier alpha value is -2.05. The maximum absolute atomic E-state index is 11.7. The van der Waals surface area contributed by atoms with Crippen molar-refractivity contribution in [3.63, 3.8) is 0 Å². The van der Waals surface area contributed by atoms with Crippen molar-refractivity contribution in [2.75, 3.05) is 0 Å². The number of hydrogen-bond acceptors (Lipinski definition) is 5. The second-order valence-corrected chi connectivity index (χ2v) is 2.60. The fourth-order valence-corrected chi connectivity index (χ4v) is 1.01. The molecular formula is C7H7N5O2. The van der Waals surface area contributed by atoms with Gasteiger partial charge >= 0.3 is 5.69 Å². The summed E-state index contributed by atoms with van der Waals surface area (Å²) in [4.78, 5) is 30.1. The van der Waals surface area contributed by atoms with Crippen LogP contribution in [-0.4, -0.2) is 24.3 Å². The van der Waals surface area contributed by atoms with E-state index >= 15 is 0 Å². The summed E-state index contributed by atoms with van der Waals surface area (Å²) in [5.41, 5.74) is -1.77. The average molecular weight is 196 g/mol. The molecule has 0 fully saturated rings. The molecule has 0 aliphatic carbocycles. The highest BCUT2D eigenvalue weighted by atomic mass is 16.2. The molecule has 0 radical (unpaired) electrons. The first-order valence-corrected chi connectivity index (χ1v) is 3.64. The fourth-order valence-electron chi connectivity index (χ4n) is 1.01. The van der Waals surface area contributed by atoms with Gasteiger partial charge in [0.25, 0.3) is 5.56 Å². The quantitative estimate of drug-likeness (QED) is 0.505. The van der Waals surface area contributed by atoms with E-state index in [1.807, 2.05) is 0 Å². The van der Waals surface area contributed by atoms with E-state index in [0.717, 1.165) is 10.9 Å². The Kier molecular flexibility index (Phi) is 1.10. The molecule has 72 valence electrons. The van der Waals surface area contributed by atoms with Gasteiger partial charge in [0.15, 0.2) is 11.5 Å². The molecular weight excluding hydrogens is 186 g/mol. The van der Waals surface area contributed by atoms with Crippen molar-refractivity contribution < 1.29 is 4.11 Å². The van der Waals surface area contributed by atoms with Crippen molar-refractivity contribution >= 4 is 0 Å². The van der Waals surface area contributed by atoms with Crippen LogP contribution < -0.4 is 11.2 Å². The average Bonchev–Trinajstić information content (AvgIpc) is 2.24. The topological polar surface area (TPSA) is 82.7 Å². The standard InChI is InChI=1S/C7H7N5O2/c1-11-6(13)4-5(10-7(11)14)12(2)9-3-8-4/h3H,1-2H3/i2D3. The fraction of sp³-hybridized carbons (Fsp3) is 0.286. The van der Waals surface area contributed by atoms with Gasteiger partial charge in [-0.05, 0) is 0 Å². The van der Waals surface area contributed by atoms with Crippen LogP contribution in [0.5, 0.6) is 0 Å². The minimum absolute atomic E-state index is 0.210. The maximum atomic E-state index is 11.7. The van der Waals surface area contributed by atoms with E-state index in [-0.39, 0.29) is 11.5 Å². The van der Waals surface area contributed by atoms with Crippen molar-refractivity contribution in [1.82, 2.24) is 24.3 Å². The summed E-state index contributed by atoms with van der Waals surface area (Å²) < 4.78 is 22.9. The summed E-state index contributed by atoms with van der Waals surface area (Å²) in [6.45, 7) is -2.63. The number of hydrogen-bond donors (Lipinski definition) is 0. The van der Waals surface area contributed by atoms with Gasteiger partial charge in [-0.1, -0.05) is 0 Å². The summed E-state index contributed by atoms with van der Waals surface area (Å²) >= 11 is 0.